The molecule has 0 radical (unpaired) electrons. The van der Waals surface area contributed by atoms with Crippen molar-refractivity contribution in [1.29, 1.82) is 0 Å². The molecule has 0 aliphatic heterocycles. The molecule has 1 heterocycles. The van der Waals surface area contributed by atoms with E-state index in [9.17, 15) is 8.78 Å². The molecule has 0 bridgehead atoms. The van der Waals surface area contributed by atoms with Gasteiger partial charge in [-0.3, -0.25) is 4.57 Å². The second kappa shape index (κ2) is 5.46. The van der Waals surface area contributed by atoms with Crippen LogP contribution in [0, 0.1) is 11.6 Å². The molecule has 1 atom stereocenters. The van der Waals surface area contributed by atoms with Crippen molar-refractivity contribution < 1.29 is 8.78 Å². The minimum Gasteiger partial charge on any atom is -0.319 e. The number of hydrogen-bond donors (Lipinski definition) is 1. The predicted molar refractivity (Wildman–Crippen MR) is 76.0 cm³/mol. The molecule has 0 aliphatic carbocycles. The van der Waals surface area contributed by atoms with Crippen LogP contribution in [0.5, 0.6) is 0 Å². The molecule has 2 N–H and O–H groups in total. The van der Waals surface area contributed by atoms with Gasteiger partial charge in [-0.25, -0.2) is 13.8 Å². The molecule has 0 saturated carbocycles. The first-order chi connectivity index (χ1) is 10.2. The third kappa shape index (κ3) is 2.55. The van der Waals surface area contributed by atoms with Gasteiger partial charge in [0.25, 0.3) is 0 Å². The van der Waals surface area contributed by atoms with Crippen LogP contribution in [0.4, 0.5) is 8.78 Å². The monoisotopic (exact) mass is 285 g/mol. The van der Waals surface area contributed by atoms with Crippen molar-refractivity contribution in [2.45, 2.75) is 6.04 Å². The lowest BCUT2D eigenvalue weighted by Gasteiger charge is -2.15. The summed E-state index contributed by atoms with van der Waals surface area (Å²) in [6, 6.07) is 12.4. The predicted octanol–water partition coefficient (Wildman–Crippen LogP) is 3.20. The Morgan fingerprint density at radius 2 is 1.81 bits per heavy atom. The molecule has 3 nitrogen and oxygen atoms in total. The smallest absolute Gasteiger partial charge is 0.150 e. The summed E-state index contributed by atoms with van der Waals surface area (Å²) in [6.07, 6.45) is 3.05. The van der Waals surface area contributed by atoms with E-state index in [-0.39, 0.29) is 5.69 Å². The van der Waals surface area contributed by atoms with Crippen molar-refractivity contribution in [3.8, 4) is 5.69 Å². The second-order valence-electron chi connectivity index (χ2n) is 4.67. The Hall–Kier alpha value is -2.53. The molecule has 0 spiro atoms. The Kier molecular flexibility index (Phi) is 3.50. The number of nitrogens with zero attached hydrogens (tertiary/aromatic N) is 2. The van der Waals surface area contributed by atoms with Crippen molar-refractivity contribution in [2.75, 3.05) is 0 Å². The summed E-state index contributed by atoms with van der Waals surface area (Å²) in [5, 5.41) is 0. The normalized spacial score (nSPS) is 12.3. The Bertz CT molecular complexity index is 753. The first kappa shape index (κ1) is 13.5. The second-order valence-corrected chi connectivity index (χ2v) is 4.67. The largest absolute Gasteiger partial charge is 0.319 e. The summed E-state index contributed by atoms with van der Waals surface area (Å²) in [4.78, 5) is 4.03. The molecule has 0 saturated heterocycles. The van der Waals surface area contributed by atoms with Gasteiger partial charge in [0.1, 0.15) is 11.6 Å². The number of nitrogens with two attached hydrogens (primary N) is 1. The zero-order chi connectivity index (χ0) is 14.8. The highest BCUT2D eigenvalue weighted by molar-refractivity contribution is 5.38. The van der Waals surface area contributed by atoms with Crippen LogP contribution in [0.1, 0.15) is 17.3 Å². The lowest BCUT2D eigenvalue weighted by Crippen LogP contribution is -2.16. The van der Waals surface area contributed by atoms with Crippen LogP contribution in [-0.4, -0.2) is 9.55 Å². The quantitative estimate of drug-likeness (QED) is 0.803. The number of imidazole rings is 1. The van der Waals surface area contributed by atoms with Crippen molar-refractivity contribution in [3.63, 3.8) is 0 Å². The zero-order valence-electron chi connectivity index (χ0n) is 11.1. The fraction of sp³-hybridized carbons (Fsp3) is 0.0625. The highest BCUT2D eigenvalue weighted by Crippen LogP contribution is 2.23. The summed E-state index contributed by atoms with van der Waals surface area (Å²) in [5.41, 5.74) is 7.96. The Balaban J connectivity index is 2.05. The molecule has 21 heavy (non-hydrogen) atoms. The fourth-order valence-corrected chi connectivity index (χ4v) is 2.24. The molecule has 1 aromatic heterocycles. The van der Waals surface area contributed by atoms with E-state index in [0.29, 0.717) is 5.69 Å². The lowest BCUT2D eigenvalue weighted by atomic mass is 10.1. The van der Waals surface area contributed by atoms with Crippen molar-refractivity contribution in [2.24, 2.45) is 5.73 Å². The van der Waals surface area contributed by atoms with E-state index in [0.717, 1.165) is 11.6 Å². The van der Waals surface area contributed by atoms with Gasteiger partial charge in [0.05, 0.1) is 29.9 Å². The van der Waals surface area contributed by atoms with Crippen LogP contribution in [0.25, 0.3) is 5.69 Å². The minimum atomic E-state index is -0.658. The third-order valence-corrected chi connectivity index (χ3v) is 3.31. The molecular formula is C16H13F2N3. The topological polar surface area (TPSA) is 43.8 Å². The van der Waals surface area contributed by atoms with Crippen LogP contribution < -0.4 is 5.73 Å². The Morgan fingerprint density at radius 1 is 1.05 bits per heavy atom. The van der Waals surface area contributed by atoms with E-state index in [1.165, 1.54) is 23.0 Å². The van der Waals surface area contributed by atoms with E-state index in [1.54, 1.807) is 6.20 Å². The molecule has 3 rings (SSSR count). The average Bonchev–Trinajstić information content (AvgIpc) is 2.96. The standard InChI is InChI=1S/C16H13F2N3/c17-12-6-7-14(13(18)8-12)21-10-20-9-15(21)16(19)11-4-2-1-3-5-11/h1-10,16H,19H2. The molecule has 0 fully saturated rings. The van der Waals surface area contributed by atoms with Gasteiger partial charge < -0.3 is 5.73 Å². The summed E-state index contributed by atoms with van der Waals surface area (Å²) < 4.78 is 28.5. The van der Waals surface area contributed by atoms with Gasteiger partial charge >= 0.3 is 0 Å². The maximum absolute atomic E-state index is 13.9. The van der Waals surface area contributed by atoms with Gasteiger partial charge in [0.2, 0.25) is 0 Å². The number of rotatable bonds is 3. The maximum Gasteiger partial charge on any atom is 0.150 e. The minimum absolute atomic E-state index is 0.218. The van der Waals surface area contributed by atoms with Crippen molar-refractivity contribution in [3.05, 3.63) is 83.9 Å². The van der Waals surface area contributed by atoms with Gasteiger partial charge in [0.15, 0.2) is 0 Å². The molecule has 0 aliphatic rings. The molecular weight excluding hydrogens is 272 g/mol. The molecule has 1 unspecified atom stereocenters. The number of benzene rings is 2. The molecule has 0 amide bonds. The van der Waals surface area contributed by atoms with Crippen LogP contribution in [0.15, 0.2) is 61.1 Å². The summed E-state index contributed by atoms with van der Waals surface area (Å²) in [5.74, 6) is -1.28. The highest BCUT2D eigenvalue weighted by Gasteiger charge is 2.16. The molecule has 3 aromatic rings. The van der Waals surface area contributed by atoms with Crippen LogP contribution in [0.2, 0.25) is 0 Å². The van der Waals surface area contributed by atoms with Crippen LogP contribution in [0.3, 0.4) is 0 Å². The van der Waals surface area contributed by atoms with Gasteiger partial charge in [-0.05, 0) is 17.7 Å². The molecule has 2 aromatic carbocycles. The van der Waals surface area contributed by atoms with E-state index < -0.39 is 17.7 Å². The third-order valence-electron chi connectivity index (χ3n) is 3.31. The SMILES string of the molecule is NC(c1ccccc1)c1cncn1-c1ccc(F)cc1F. The summed E-state index contributed by atoms with van der Waals surface area (Å²) >= 11 is 0. The first-order valence-electron chi connectivity index (χ1n) is 6.45. The Labute approximate surface area is 120 Å². The average molecular weight is 285 g/mol. The lowest BCUT2D eigenvalue weighted by molar-refractivity contribution is 0.575. The molecule has 106 valence electrons. The van der Waals surface area contributed by atoms with E-state index in [4.69, 9.17) is 5.73 Å². The van der Waals surface area contributed by atoms with E-state index in [2.05, 4.69) is 4.98 Å². The first-order valence-corrected chi connectivity index (χ1v) is 6.45. The summed E-state index contributed by atoms with van der Waals surface area (Å²) in [6.45, 7) is 0. The van der Waals surface area contributed by atoms with Gasteiger partial charge in [-0.15, -0.1) is 0 Å². The Morgan fingerprint density at radius 3 is 2.52 bits per heavy atom. The van der Waals surface area contributed by atoms with Crippen molar-refractivity contribution in [1.82, 2.24) is 9.55 Å². The van der Waals surface area contributed by atoms with Crippen molar-refractivity contribution >= 4 is 0 Å². The van der Waals surface area contributed by atoms with E-state index >= 15 is 0 Å². The fourth-order valence-electron chi connectivity index (χ4n) is 2.24. The van der Waals surface area contributed by atoms with Crippen LogP contribution in [-0.2, 0) is 0 Å². The summed E-state index contributed by atoms with van der Waals surface area (Å²) in [7, 11) is 0. The van der Waals surface area contributed by atoms with E-state index in [1.807, 2.05) is 30.3 Å². The zero-order valence-corrected chi connectivity index (χ0v) is 11.1. The van der Waals surface area contributed by atoms with Crippen LogP contribution >= 0.6 is 0 Å². The number of hydrogen-bond acceptors (Lipinski definition) is 2. The number of halogens is 2. The number of aromatic nitrogens is 2. The van der Waals surface area contributed by atoms with Gasteiger partial charge in [-0.1, -0.05) is 30.3 Å². The highest BCUT2D eigenvalue weighted by atomic mass is 19.1. The van der Waals surface area contributed by atoms with Gasteiger partial charge in [0, 0.05) is 6.07 Å². The maximum atomic E-state index is 13.9. The van der Waals surface area contributed by atoms with Gasteiger partial charge in [-0.2, -0.15) is 0 Å². The molecule has 5 heteroatoms.